The molecule has 3 heterocycles. The lowest BCUT2D eigenvalue weighted by atomic mass is 9.94. The van der Waals surface area contributed by atoms with Crippen LogP contribution >= 0.6 is 0 Å². The molecule has 3 aromatic heterocycles. The number of aliphatic hydroxyl groups is 1. The molecule has 14 heteroatoms. The maximum absolute atomic E-state index is 13.0. The van der Waals surface area contributed by atoms with E-state index in [0.717, 1.165) is 5.56 Å². The molecule has 0 aliphatic rings. The number of benzene rings is 2. The highest BCUT2D eigenvalue weighted by atomic mass is 16.5. The number of nitrogens with one attached hydrogen (secondary N) is 1. The number of aryl methyl sites for hydroxylation is 1. The molecule has 0 bridgehead atoms. The normalized spacial score (nSPS) is 13.0. The molecule has 0 unspecified atom stereocenters. The van der Waals surface area contributed by atoms with Gasteiger partial charge in [0.1, 0.15) is 42.0 Å². The zero-order valence-electron chi connectivity index (χ0n) is 32.4. The van der Waals surface area contributed by atoms with Gasteiger partial charge in [-0.3, -0.25) is 19.4 Å². The Bertz CT molecular complexity index is 2050. The summed E-state index contributed by atoms with van der Waals surface area (Å²) in [7, 11) is 1.57. The molecule has 2 aromatic carbocycles. The number of Topliss-reactive ketones (excluding diaryl/α,β-unsaturated/α-hetero) is 1. The summed E-state index contributed by atoms with van der Waals surface area (Å²) in [5.74, 6) is 0.822. The highest BCUT2D eigenvalue weighted by Gasteiger charge is 2.28. The first-order valence-corrected chi connectivity index (χ1v) is 18.9. The van der Waals surface area contributed by atoms with Crippen molar-refractivity contribution < 1.29 is 38.1 Å². The Labute approximate surface area is 326 Å². The Hall–Kier alpha value is -5.44. The number of carbonyl (C=O) groups is 2. The Morgan fingerprint density at radius 1 is 0.893 bits per heavy atom. The van der Waals surface area contributed by atoms with E-state index in [1.807, 2.05) is 63.2 Å². The molecule has 0 aliphatic heterocycles. The summed E-state index contributed by atoms with van der Waals surface area (Å²) in [6.45, 7) is 7.91. The van der Waals surface area contributed by atoms with Crippen molar-refractivity contribution in [1.29, 1.82) is 0 Å². The summed E-state index contributed by atoms with van der Waals surface area (Å²) >= 11 is 0. The molecule has 5 rings (SSSR count). The van der Waals surface area contributed by atoms with Gasteiger partial charge in [0.25, 0.3) is 5.56 Å². The van der Waals surface area contributed by atoms with Gasteiger partial charge in [-0.1, -0.05) is 51.1 Å². The van der Waals surface area contributed by atoms with Crippen LogP contribution in [0.2, 0.25) is 0 Å². The molecule has 56 heavy (non-hydrogen) atoms. The average molecular weight is 770 g/mol. The number of carbonyl (C=O) groups excluding carboxylic acids is 2. The van der Waals surface area contributed by atoms with Gasteiger partial charge in [0.15, 0.2) is 11.4 Å². The fraction of sp³-hybridized carbons (Fsp3) is 0.429. The van der Waals surface area contributed by atoms with Crippen molar-refractivity contribution in [2.24, 2.45) is 18.9 Å². The summed E-state index contributed by atoms with van der Waals surface area (Å²) < 4.78 is 29.9. The van der Waals surface area contributed by atoms with Crippen LogP contribution in [0.1, 0.15) is 51.3 Å². The molecule has 0 spiro atoms. The second-order valence-corrected chi connectivity index (χ2v) is 14.0. The summed E-state index contributed by atoms with van der Waals surface area (Å²) in [5, 5.41) is 17.6. The second kappa shape index (κ2) is 21.0. The predicted octanol–water partition coefficient (Wildman–Crippen LogP) is 5.09. The van der Waals surface area contributed by atoms with Crippen LogP contribution in [-0.2, 0) is 39.1 Å². The van der Waals surface area contributed by atoms with E-state index >= 15 is 0 Å². The Kier molecular flexibility index (Phi) is 15.7. The second-order valence-electron chi connectivity index (χ2n) is 14.0. The number of ketones is 1. The number of rotatable bonds is 23. The molecular formula is C42H51N5O9. The lowest BCUT2D eigenvalue weighted by Gasteiger charge is -2.24. The molecule has 0 fully saturated rings. The van der Waals surface area contributed by atoms with Crippen molar-refractivity contribution in [1.82, 2.24) is 25.1 Å². The molecule has 5 aromatic rings. The maximum atomic E-state index is 13.0. The number of amides is 1. The van der Waals surface area contributed by atoms with Crippen molar-refractivity contribution in [3.63, 3.8) is 0 Å². The van der Waals surface area contributed by atoms with Crippen LogP contribution in [0.4, 0.5) is 0 Å². The average Bonchev–Trinajstić information content (AvgIpc) is 3.62. The number of aromatic nitrogens is 4. The van der Waals surface area contributed by atoms with E-state index < -0.39 is 18.1 Å². The Balaban J connectivity index is 0.922. The monoisotopic (exact) mass is 769 g/mol. The van der Waals surface area contributed by atoms with Crippen molar-refractivity contribution in [2.45, 2.75) is 65.2 Å². The first-order chi connectivity index (χ1) is 27.0. The van der Waals surface area contributed by atoms with Crippen LogP contribution in [0, 0.1) is 11.8 Å². The molecule has 0 radical (unpaired) electrons. The summed E-state index contributed by atoms with van der Waals surface area (Å²) in [6.07, 6.45) is 2.26. The van der Waals surface area contributed by atoms with Crippen molar-refractivity contribution >= 4 is 22.8 Å². The van der Waals surface area contributed by atoms with E-state index in [1.54, 1.807) is 37.5 Å². The van der Waals surface area contributed by atoms with Crippen LogP contribution in [-0.4, -0.2) is 81.7 Å². The van der Waals surface area contributed by atoms with Crippen LogP contribution in [0.25, 0.3) is 22.7 Å². The minimum Gasteiger partial charge on any atom is -0.490 e. The minimum atomic E-state index is -1.21. The van der Waals surface area contributed by atoms with E-state index in [1.165, 1.54) is 10.7 Å². The largest absolute Gasteiger partial charge is 0.490 e. The molecule has 0 saturated heterocycles. The van der Waals surface area contributed by atoms with Crippen molar-refractivity contribution in [3.05, 3.63) is 101 Å². The number of hydrogen-bond donors (Lipinski definition) is 2. The molecule has 298 valence electrons. The molecule has 2 N–H and O–H groups in total. The smallest absolute Gasteiger partial charge is 0.266 e. The molecule has 1 amide bonds. The summed E-state index contributed by atoms with van der Waals surface area (Å²) in [4.78, 5) is 46.4. The first-order valence-electron chi connectivity index (χ1n) is 18.9. The fourth-order valence-electron chi connectivity index (χ4n) is 5.88. The van der Waals surface area contributed by atoms with E-state index in [-0.39, 0.29) is 36.2 Å². The summed E-state index contributed by atoms with van der Waals surface area (Å²) in [6, 6.07) is 21.0. The van der Waals surface area contributed by atoms with Gasteiger partial charge in [-0.2, -0.15) is 5.10 Å². The predicted molar refractivity (Wildman–Crippen MR) is 209 cm³/mol. The molecule has 0 saturated carbocycles. The van der Waals surface area contributed by atoms with Gasteiger partial charge < -0.3 is 33.8 Å². The van der Waals surface area contributed by atoms with Crippen LogP contribution in [0.3, 0.4) is 0 Å². The number of oxazole rings is 1. The molecule has 0 aliphatic carbocycles. The third-order valence-corrected chi connectivity index (χ3v) is 8.92. The standard InChI is InChI=1S/C42H51N5O9/c1-28(2)23-35(44-41(51)40(50)29(3)24-30-9-6-5-7-10-30)37(48)11-8-18-52-19-20-53-21-22-54-33-13-12-31(43-26-33)27-55-32-14-16-38-36(25-32)45-42(56-38)34-15-17-39(49)47(4)46-34/h5-7,9-10,12-17,25-26,28-29,35,40,50H,8,11,18-24,27H2,1-4H3,(H,44,51)/t29-,35+,40+/m1/s1. The quantitative estimate of drug-likeness (QED) is 0.0843. The number of hydrogen-bond acceptors (Lipinski definition) is 12. The molecular weight excluding hydrogens is 718 g/mol. The highest BCUT2D eigenvalue weighted by molar-refractivity contribution is 5.90. The Morgan fingerprint density at radius 3 is 2.38 bits per heavy atom. The SMILES string of the molecule is CC(C)C[C@H](NC(=O)[C@@H](O)[C@H](C)Cc1ccccc1)C(=O)CCCOCCOCCOc1ccc(COc2ccc3oc(-c4ccc(=O)n(C)n4)nc3c2)nc1. The third-order valence-electron chi connectivity index (χ3n) is 8.92. The number of aliphatic hydroxyl groups excluding tert-OH is 1. The highest BCUT2D eigenvalue weighted by Crippen LogP contribution is 2.26. The van der Waals surface area contributed by atoms with E-state index in [4.69, 9.17) is 23.4 Å². The third kappa shape index (κ3) is 12.8. The number of nitrogens with zero attached hydrogens (tertiary/aromatic N) is 4. The van der Waals surface area contributed by atoms with E-state index in [0.29, 0.717) is 92.2 Å². The lowest BCUT2D eigenvalue weighted by Crippen LogP contribution is -2.48. The van der Waals surface area contributed by atoms with Crippen LogP contribution in [0.15, 0.2) is 88.2 Å². The van der Waals surface area contributed by atoms with Crippen LogP contribution in [0.5, 0.6) is 11.5 Å². The summed E-state index contributed by atoms with van der Waals surface area (Å²) in [5.41, 5.74) is 3.16. The van der Waals surface area contributed by atoms with Gasteiger partial charge in [0.05, 0.1) is 37.8 Å². The van der Waals surface area contributed by atoms with Gasteiger partial charge in [-0.05, 0) is 67.0 Å². The topological polar surface area (TPSA) is 177 Å². The Morgan fingerprint density at radius 2 is 1.64 bits per heavy atom. The van der Waals surface area contributed by atoms with Gasteiger partial charge >= 0.3 is 0 Å². The minimum absolute atomic E-state index is 0.0696. The number of pyridine rings is 1. The van der Waals surface area contributed by atoms with Gasteiger partial charge in [0.2, 0.25) is 11.8 Å². The number of ether oxygens (including phenoxy) is 4. The molecule has 3 atom stereocenters. The lowest BCUT2D eigenvalue weighted by molar-refractivity contribution is -0.135. The zero-order valence-corrected chi connectivity index (χ0v) is 32.4. The zero-order chi connectivity index (χ0) is 39.9. The molecule has 14 nitrogen and oxygen atoms in total. The number of fused-ring (bicyclic) bond motifs is 1. The maximum Gasteiger partial charge on any atom is 0.266 e. The van der Waals surface area contributed by atoms with Gasteiger partial charge in [-0.15, -0.1) is 0 Å². The first kappa shape index (κ1) is 41.7. The van der Waals surface area contributed by atoms with Crippen molar-refractivity contribution in [3.8, 4) is 23.1 Å². The van der Waals surface area contributed by atoms with E-state index in [9.17, 15) is 19.5 Å². The van der Waals surface area contributed by atoms with Gasteiger partial charge in [0, 0.05) is 32.2 Å². The van der Waals surface area contributed by atoms with Crippen molar-refractivity contribution in [2.75, 3.05) is 33.0 Å². The van der Waals surface area contributed by atoms with Gasteiger partial charge in [-0.25, -0.2) is 9.67 Å². The van der Waals surface area contributed by atoms with E-state index in [2.05, 4.69) is 20.4 Å². The van der Waals surface area contributed by atoms with Crippen LogP contribution < -0.4 is 20.3 Å². The fourth-order valence-corrected chi connectivity index (χ4v) is 5.88.